The number of benzene rings is 2. The molecule has 0 amide bonds. The first-order valence-electron chi connectivity index (χ1n) is 16.7. The van der Waals surface area contributed by atoms with E-state index in [4.69, 9.17) is 9.57 Å². The zero-order valence-electron chi connectivity index (χ0n) is 29.1. The molecular weight excluding hydrogens is 566 g/mol. The van der Waals surface area contributed by atoms with Gasteiger partial charge in [0.25, 0.3) is 0 Å². The standard InChI is InChI=1S/C41H49N3O2/c1-10-43-35-22-16-29(4)27-33(35)41(7,8)37(43)24-20-31-18-17-30(39(31)46-38-14-12-13-25-44(38)45-11-2)19-23-36-40(5,6)32-26-28(3)15-21-34(32)42(36)9/h12-16,19-27H,10-11,17-18H2,1-9H3/q+2. The largest absolute Gasteiger partial charge is 0.422 e. The van der Waals surface area contributed by atoms with Crippen LogP contribution in [0, 0.1) is 13.8 Å². The van der Waals surface area contributed by atoms with E-state index in [2.05, 4.69) is 126 Å². The summed E-state index contributed by atoms with van der Waals surface area (Å²) in [6.45, 7) is 19.4. The predicted octanol–water partition coefficient (Wildman–Crippen LogP) is 8.36. The molecule has 1 aromatic heterocycles. The zero-order valence-corrected chi connectivity index (χ0v) is 29.1. The molecular formula is C41H49N3O2+2. The van der Waals surface area contributed by atoms with Crippen LogP contribution >= 0.6 is 0 Å². The van der Waals surface area contributed by atoms with Gasteiger partial charge in [-0.25, -0.2) is 0 Å². The smallest absolute Gasteiger partial charge is 0.401 e. The summed E-state index contributed by atoms with van der Waals surface area (Å²) in [7, 11) is 2.18. The first kappa shape index (κ1) is 31.6. The molecule has 0 saturated carbocycles. The summed E-state index contributed by atoms with van der Waals surface area (Å²) >= 11 is 0. The Balaban J connectivity index is 1.43. The van der Waals surface area contributed by atoms with Crippen molar-refractivity contribution >= 4 is 17.1 Å². The summed E-state index contributed by atoms with van der Waals surface area (Å²) < 4.78 is 11.0. The predicted molar refractivity (Wildman–Crippen MR) is 188 cm³/mol. The van der Waals surface area contributed by atoms with Crippen LogP contribution in [0.5, 0.6) is 5.88 Å². The van der Waals surface area contributed by atoms with Gasteiger partial charge in [0.05, 0.1) is 11.5 Å². The number of hydrogen-bond donors (Lipinski definition) is 0. The summed E-state index contributed by atoms with van der Waals surface area (Å²) in [6.07, 6.45) is 12.9. The van der Waals surface area contributed by atoms with E-state index < -0.39 is 0 Å². The summed E-state index contributed by atoms with van der Waals surface area (Å²) in [5.74, 6) is 1.58. The Kier molecular flexibility index (Phi) is 8.30. The van der Waals surface area contributed by atoms with Crippen molar-refractivity contribution in [3.63, 3.8) is 0 Å². The van der Waals surface area contributed by atoms with Crippen molar-refractivity contribution in [1.82, 2.24) is 0 Å². The first-order chi connectivity index (χ1) is 22.0. The number of ether oxygens (including phenoxy) is 1. The highest BCUT2D eigenvalue weighted by Crippen LogP contribution is 2.47. The van der Waals surface area contributed by atoms with E-state index in [1.165, 1.54) is 56.2 Å². The third-order valence-electron chi connectivity index (χ3n) is 9.95. The summed E-state index contributed by atoms with van der Waals surface area (Å²) in [6, 6.07) is 19.5. The van der Waals surface area contributed by atoms with Gasteiger partial charge in [-0.3, -0.25) is 4.84 Å². The molecule has 0 spiro atoms. The Labute approximate surface area is 275 Å². The molecule has 0 bridgehead atoms. The lowest BCUT2D eigenvalue weighted by molar-refractivity contribution is -0.892. The number of aryl methyl sites for hydroxylation is 2. The van der Waals surface area contributed by atoms with Crippen molar-refractivity contribution in [3.05, 3.63) is 130 Å². The number of fused-ring (bicyclic) bond motifs is 2. The van der Waals surface area contributed by atoms with E-state index >= 15 is 0 Å². The van der Waals surface area contributed by atoms with Gasteiger partial charge in [-0.05, 0) is 101 Å². The molecule has 1 aliphatic carbocycles. The maximum Gasteiger partial charge on any atom is 0.422 e. The van der Waals surface area contributed by atoms with Crippen LogP contribution in [0.4, 0.5) is 11.4 Å². The average Bonchev–Trinajstić information content (AvgIpc) is 3.56. The Morgan fingerprint density at radius 1 is 0.848 bits per heavy atom. The molecule has 0 saturated heterocycles. The molecule has 0 atom stereocenters. The summed E-state index contributed by atoms with van der Waals surface area (Å²) in [5.41, 5.74) is 12.7. The highest BCUT2D eigenvalue weighted by molar-refractivity contribution is 6.03. The summed E-state index contributed by atoms with van der Waals surface area (Å²) in [5, 5.41) is 0. The Morgan fingerprint density at radius 2 is 1.59 bits per heavy atom. The number of nitrogens with zero attached hydrogens (tertiary/aromatic N) is 3. The van der Waals surface area contributed by atoms with Gasteiger partial charge >= 0.3 is 5.88 Å². The molecule has 6 rings (SSSR count). The SMILES string of the molecule is CCO[n+]1ccccc1OC1=C(/C=C/C2=[N+](CC)c3ccc(C)cc3C2(C)C)CC/C1=C\C=C1\N(C)c2ccc(C)cc2C1(C)C. The van der Waals surface area contributed by atoms with Crippen LogP contribution in [0.3, 0.4) is 0 Å². The monoisotopic (exact) mass is 615 g/mol. The van der Waals surface area contributed by atoms with Crippen molar-refractivity contribution < 1.29 is 18.9 Å². The normalized spacial score (nSPS) is 20.0. The number of likely N-dealkylation sites (N-methyl/N-ethyl adjacent to an activating group) is 1. The van der Waals surface area contributed by atoms with Crippen molar-refractivity contribution in [2.24, 2.45) is 0 Å². The van der Waals surface area contributed by atoms with Gasteiger partial charge in [0, 0.05) is 52.3 Å². The van der Waals surface area contributed by atoms with Crippen molar-refractivity contribution in [2.45, 2.75) is 79.1 Å². The molecule has 2 aromatic carbocycles. The van der Waals surface area contributed by atoms with E-state index in [1.807, 2.05) is 31.3 Å². The molecule has 0 fully saturated rings. The van der Waals surface area contributed by atoms with Crippen molar-refractivity contribution in [2.75, 3.05) is 25.1 Å². The Morgan fingerprint density at radius 3 is 2.33 bits per heavy atom. The second kappa shape index (κ2) is 12.1. The van der Waals surface area contributed by atoms with E-state index in [9.17, 15) is 0 Å². The minimum atomic E-state index is -0.0989. The van der Waals surface area contributed by atoms with Gasteiger partial charge in [0.15, 0.2) is 12.3 Å². The van der Waals surface area contributed by atoms with E-state index in [1.54, 1.807) is 4.73 Å². The molecule has 0 N–H and O–H groups in total. The number of aromatic nitrogens is 1. The number of pyridine rings is 1. The van der Waals surface area contributed by atoms with Crippen molar-refractivity contribution in [1.29, 1.82) is 0 Å². The fourth-order valence-electron chi connectivity index (χ4n) is 7.43. The van der Waals surface area contributed by atoms with Crippen LogP contribution in [-0.4, -0.2) is 30.5 Å². The molecule has 2 aliphatic heterocycles. The van der Waals surface area contributed by atoms with E-state index in [0.717, 1.165) is 25.1 Å². The van der Waals surface area contributed by atoms with E-state index in [0.29, 0.717) is 12.5 Å². The van der Waals surface area contributed by atoms with Gasteiger partial charge in [-0.15, -0.1) is 0 Å². The van der Waals surface area contributed by atoms with E-state index in [-0.39, 0.29) is 10.8 Å². The molecule has 46 heavy (non-hydrogen) atoms. The minimum absolute atomic E-state index is 0.0967. The minimum Gasteiger partial charge on any atom is -0.401 e. The number of hydrogen-bond acceptors (Lipinski definition) is 3. The second-order valence-electron chi connectivity index (χ2n) is 13.8. The van der Waals surface area contributed by atoms with Crippen LogP contribution in [-0.2, 0) is 10.8 Å². The molecule has 3 aliphatic rings. The molecule has 0 unspecified atom stereocenters. The first-order valence-corrected chi connectivity index (χ1v) is 16.7. The van der Waals surface area contributed by atoms with Gasteiger partial charge in [0.1, 0.15) is 12.3 Å². The number of anilines is 1. The lowest BCUT2D eigenvalue weighted by atomic mass is 9.80. The second-order valence-corrected chi connectivity index (χ2v) is 13.8. The number of allylic oxidation sites excluding steroid dienone is 7. The van der Waals surface area contributed by atoms with Crippen molar-refractivity contribution in [3.8, 4) is 5.88 Å². The van der Waals surface area contributed by atoms with Crippen LogP contribution < -0.4 is 19.2 Å². The molecule has 238 valence electrons. The molecule has 0 radical (unpaired) electrons. The van der Waals surface area contributed by atoms with Crippen LogP contribution in [0.2, 0.25) is 0 Å². The molecule has 3 aromatic rings. The lowest BCUT2D eigenvalue weighted by Crippen LogP contribution is -2.43. The van der Waals surface area contributed by atoms with Gasteiger partial charge in [-0.2, -0.15) is 4.58 Å². The van der Waals surface area contributed by atoms with Gasteiger partial charge < -0.3 is 9.64 Å². The van der Waals surface area contributed by atoms with Crippen LogP contribution in [0.25, 0.3) is 0 Å². The third-order valence-corrected chi connectivity index (χ3v) is 9.95. The lowest BCUT2D eigenvalue weighted by Gasteiger charge is -2.24. The molecule has 3 heterocycles. The fraction of sp³-hybridized carbons (Fsp3) is 0.366. The number of rotatable bonds is 8. The van der Waals surface area contributed by atoms with Crippen LogP contribution in [0.15, 0.2) is 108 Å². The van der Waals surface area contributed by atoms with Gasteiger partial charge in [-0.1, -0.05) is 49.2 Å². The Bertz CT molecular complexity index is 1850. The molecule has 5 nitrogen and oxygen atoms in total. The highest BCUT2D eigenvalue weighted by atomic mass is 16.7. The quantitative estimate of drug-likeness (QED) is 0.239. The van der Waals surface area contributed by atoms with Gasteiger partial charge in [0.2, 0.25) is 11.9 Å². The zero-order chi connectivity index (χ0) is 32.8. The Hall–Kier alpha value is -4.38. The fourth-order valence-corrected chi connectivity index (χ4v) is 7.43. The maximum atomic E-state index is 6.79. The third kappa shape index (κ3) is 5.40. The van der Waals surface area contributed by atoms with Crippen LogP contribution in [0.1, 0.15) is 76.6 Å². The highest BCUT2D eigenvalue weighted by Gasteiger charge is 2.44. The topological polar surface area (TPSA) is 28.6 Å². The average molecular weight is 616 g/mol. The molecule has 5 heteroatoms. The summed E-state index contributed by atoms with van der Waals surface area (Å²) in [4.78, 5) is 8.23. The maximum absolute atomic E-state index is 6.79.